The fraction of sp³-hybridized carbons (Fsp3) is 0.714. The van der Waals surface area contributed by atoms with Gasteiger partial charge in [-0.1, -0.05) is 0 Å². The molecule has 0 spiro atoms. The molecule has 1 unspecified atom stereocenters. The maximum absolute atomic E-state index is 5.91. The van der Waals surface area contributed by atoms with Crippen LogP contribution in [0.4, 0.5) is 0 Å². The van der Waals surface area contributed by atoms with Gasteiger partial charge in [-0.05, 0) is 12.5 Å². The zero-order chi connectivity index (χ0) is 8.32. The van der Waals surface area contributed by atoms with Crippen LogP contribution in [0.1, 0.15) is 6.42 Å². The summed E-state index contributed by atoms with van der Waals surface area (Å²) >= 11 is 5.91. The predicted molar refractivity (Wildman–Crippen MR) is 41.2 cm³/mol. The summed E-state index contributed by atoms with van der Waals surface area (Å²) in [6.07, 6.45) is 4.04. The summed E-state index contributed by atoms with van der Waals surface area (Å²) in [7, 11) is 3.00. The van der Waals surface area contributed by atoms with Crippen LogP contribution in [0, 0.1) is 0 Å². The van der Waals surface area contributed by atoms with Gasteiger partial charge in [-0.25, -0.2) is 0 Å². The molecule has 0 aromatic heterocycles. The maximum Gasteiger partial charge on any atom is 0.343 e. The second kappa shape index (κ2) is 3.43. The molecule has 1 aliphatic rings. The van der Waals surface area contributed by atoms with E-state index in [1.807, 2.05) is 6.08 Å². The van der Waals surface area contributed by atoms with Crippen LogP contribution in [0.2, 0.25) is 0 Å². The number of rotatable bonds is 2. The van der Waals surface area contributed by atoms with Crippen LogP contribution in [-0.4, -0.2) is 25.6 Å². The van der Waals surface area contributed by atoms with Gasteiger partial charge in [0.1, 0.15) is 5.38 Å². The highest BCUT2D eigenvalue weighted by atomic mass is 35.5. The molecule has 1 heterocycles. The molecule has 64 valence electrons. The average molecular weight is 179 g/mol. The van der Waals surface area contributed by atoms with Crippen LogP contribution in [0.25, 0.3) is 0 Å². The van der Waals surface area contributed by atoms with Gasteiger partial charge in [0.25, 0.3) is 0 Å². The van der Waals surface area contributed by atoms with Crippen LogP contribution in [0.15, 0.2) is 12.3 Å². The summed E-state index contributed by atoms with van der Waals surface area (Å²) in [5.41, 5.74) is 0. The third-order valence-corrected chi connectivity index (χ3v) is 2.07. The minimum atomic E-state index is -1.10. The van der Waals surface area contributed by atoms with E-state index in [0.29, 0.717) is 6.42 Å². The predicted octanol–water partition coefficient (Wildman–Crippen LogP) is 1.47. The van der Waals surface area contributed by atoms with Crippen LogP contribution < -0.4 is 0 Å². The van der Waals surface area contributed by atoms with Gasteiger partial charge in [0.05, 0.1) is 6.26 Å². The number of hydrogen-bond acceptors (Lipinski definition) is 3. The van der Waals surface area contributed by atoms with Crippen molar-refractivity contribution in [1.82, 2.24) is 0 Å². The number of ether oxygens (including phenoxy) is 3. The zero-order valence-corrected chi connectivity index (χ0v) is 7.30. The molecule has 0 radical (unpaired) electrons. The second-order valence-corrected chi connectivity index (χ2v) is 2.73. The van der Waals surface area contributed by atoms with Gasteiger partial charge in [0, 0.05) is 14.2 Å². The maximum atomic E-state index is 5.91. The molecule has 3 nitrogen and oxygen atoms in total. The largest absolute Gasteiger partial charge is 0.446 e. The summed E-state index contributed by atoms with van der Waals surface area (Å²) in [6, 6.07) is 0. The van der Waals surface area contributed by atoms with E-state index in [9.17, 15) is 0 Å². The van der Waals surface area contributed by atoms with Crippen molar-refractivity contribution in [3.8, 4) is 0 Å². The summed E-state index contributed by atoms with van der Waals surface area (Å²) in [5.74, 6) is -1.10. The van der Waals surface area contributed by atoms with Crippen molar-refractivity contribution in [2.75, 3.05) is 14.2 Å². The number of methoxy groups -OCH3 is 2. The molecule has 0 amide bonds. The lowest BCUT2D eigenvalue weighted by Crippen LogP contribution is -2.45. The Balaban J connectivity index is 2.72. The van der Waals surface area contributed by atoms with E-state index in [2.05, 4.69) is 0 Å². The second-order valence-electron chi connectivity index (χ2n) is 2.20. The van der Waals surface area contributed by atoms with Crippen LogP contribution in [-0.2, 0) is 14.2 Å². The lowest BCUT2D eigenvalue weighted by Gasteiger charge is -2.34. The van der Waals surface area contributed by atoms with Gasteiger partial charge in [-0.15, -0.1) is 11.6 Å². The minimum absolute atomic E-state index is 0.303. The lowest BCUT2D eigenvalue weighted by atomic mass is 10.2. The van der Waals surface area contributed by atoms with Crippen molar-refractivity contribution >= 4 is 11.6 Å². The summed E-state index contributed by atoms with van der Waals surface area (Å²) < 4.78 is 15.1. The monoisotopic (exact) mass is 178 g/mol. The van der Waals surface area contributed by atoms with Crippen LogP contribution in [0.5, 0.6) is 0 Å². The molecule has 0 N–H and O–H groups in total. The van der Waals surface area contributed by atoms with Crippen molar-refractivity contribution in [1.29, 1.82) is 0 Å². The molecule has 11 heavy (non-hydrogen) atoms. The molecular formula is C7H11ClO3. The quantitative estimate of drug-likeness (QED) is 0.474. The molecule has 1 rings (SSSR count). The molecule has 0 bridgehead atoms. The van der Waals surface area contributed by atoms with Gasteiger partial charge in [-0.2, -0.15) is 0 Å². The minimum Gasteiger partial charge on any atom is -0.446 e. The Bertz CT molecular complexity index is 154. The smallest absolute Gasteiger partial charge is 0.343 e. The molecule has 0 saturated heterocycles. The summed E-state index contributed by atoms with van der Waals surface area (Å²) in [5, 5.41) is -0.303. The van der Waals surface area contributed by atoms with Crippen molar-refractivity contribution in [3.05, 3.63) is 12.3 Å². The van der Waals surface area contributed by atoms with E-state index in [4.69, 9.17) is 25.8 Å². The van der Waals surface area contributed by atoms with Crippen LogP contribution >= 0.6 is 11.6 Å². The lowest BCUT2D eigenvalue weighted by molar-refractivity contribution is -0.344. The fourth-order valence-corrected chi connectivity index (χ4v) is 1.30. The van der Waals surface area contributed by atoms with E-state index in [0.717, 1.165) is 0 Å². The molecule has 0 fully saturated rings. The highest BCUT2D eigenvalue weighted by molar-refractivity contribution is 6.21. The Hall–Kier alpha value is -0.250. The van der Waals surface area contributed by atoms with Gasteiger partial charge in [0.15, 0.2) is 0 Å². The molecule has 0 aromatic carbocycles. The number of halogens is 1. The topological polar surface area (TPSA) is 27.7 Å². The Morgan fingerprint density at radius 1 is 1.55 bits per heavy atom. The number of allylic oxidation sites excluding steroid dienone is 1. The Morgan fingerprint density at radius 2 is 2.18 bits per heavy atom. The van der Waals surface area contributed by atoms with E-state index in [1.165, 1.54) is 20.5 Å². The molecule has 0 saturated carbocycles. The molecule has 1 aliphatic heterocycles. The third-order valence-electron chi connectivity index (χ3n) is 1.62. The fourth-order valence-electron chi connectivity index (χ4n) is 0.971. The average Bonchev–Trinajstić information content (AvgIpc) is 2.06. The standard InChI is InChI=1S/C7H11ClO3/c1-9-7(10-2)6(8)4-3-5-11-7/h3,5-6H,4H2,1-2H3. The van der Waals surface area contributed by atoms with Crippen molar-refractivity contribution in [3.63, 3.8) is 0 Å². The molecule has 4 heteroatoms. The van der Waals surface area contributed by atoms with E-state index in [-0.39, 0.29) is 5.38 Å². The highest BCUT2D eigenvalue weighted by Crippen LogP contribution is 2.29. The zero-order valence-electron chi connectivity index (χ0n) is 6.54. The van der Waals surface area contributed by atoms with Gasteiger partial charge in [0.2, 0.25) is 0 Å². The first-order valence-corrected chi connectivity index (χ1v) is 3.76. The number of alkyl halides is 1. The Kier molecular flexibility index (Phi) is 2.76. The molecule has 0 aromatic rings. The molecule has 0 aliphatic carbocycles. The van der Waals surface area contributed by atoms with Gasteiger partial charge < -0.3 is 14.2 Å². The van der Waals surface area contributed by atoms with E-state index >= 15 is 0 Å². The highest BCUT2D eigenvalue weighted by Gasteiger charge is 2.41. The normalized spacial score (nSPS) is 28.1. The van der Waals surface area contributed by atoms with E-state index in [1.54, 1.807) is 0 Å². The first kappa shape index (κ1) is 8.84. The Morgan fingerprint density at radius 3 is 2.55 bits per heavy atom. The first-order valence-electron chi connectivity index (χ1n) is 3.32. The van der Waals surface area contributed by atoms with Gasteiger partial charge in [-0.3, -0.25) is 0 Å². The van der Waals surface area contributed by atoms with E-state index < -0.39 is 5.97 Å². The third kappa shape index (κ3) is 1.50. The van der Waals surface area contributed by atoms with Crippen molar-refractivity contribution in [2.24, 2.45) is 0 Å². The van der Waals surface area contributed by atoms with Crippen LogP contribution in [0.3, 0.4) is 0 Å². The number of hydrogen-bond donors (Lipinski definition) is 0. The Labute approximate surface area is 70.9 Å². The van der Waals surface area contributed by atoms with Gasteiger partial charge >= 0.3 is 5.97 Å². The molecular weight excluding hydrogens is 168 g/mol. The van der Waals surface area contributed by atoms with Crippen molar-refractivity contribution in [2.45, 2.75) is 17.8 Å². The summed E-state index contributed by atoms with van der Waals surface area (Å²) in [4.78, 5) is 0. The summed E-state index contributed by atoms with van der Waals surface area (Å²) in [6.45, 7) is 0. The first-order chi connectivity index (χ1) is 5.25. The molecule has 1 atom stereocenters. The SMILES string of the molecule is COC1(OC)OC=CCC1Cl. The van der Waals surface area contributed by atoms with Crippen molar-refractivity contribution < 1.29 is 14.2 Å².